The van der Waals surface area contributed by atoms with Crippen molar-refractivity contribution in [1.82, 2.24) is 0 Å². The van der Waals surface area contributed by atoms with Crippen molar-refractivity contribution in [3.8, 4) is 0 Å². The first-order valence-electron chi connectivity index (χ1n) is 4.28. The molecule has 2 unspecified atom stereocenters. The van der Waals surface area contributed by atoms with Crippen molar-refractivity contribution >= 4 is 5.97 Å². The van der Waals surface area contributed by atoms with Crippen LogP contribution < -0.4 is 0 Å². The number of hydrogen-bond acceptors (Lipinski definition) is 2. The van der Waals surface area contributed by atoms with Gasteiger partial charge in [0.2, 0.25) is 0 Å². The molecule has 0 aliphatic carbocycles. The van der Waals surface area contributed by atoms with Crippen molar-refractivity contribution in [2.75, 3.05) is 0 Å². The number of aliphatic carboxylic acids is 1. The zero-order chi connectivity index (χ0) is 9.89. The summed E-state index contributed by atoms with van der Waals surface area (Å²) < 4.78 is 0. The van der Waals surface area contributed by atoms with E-state index in [1.807, 2.05) is 27.7 Å². The van der Waals surface area contributed by atoms with Crippen LogP contribution in [0.5, 0.6) is 0 Å². The number of hydrogen-bond donors (Lipinski definition) is 2. The van der Waals surface area contributed by atoms with E-state index >= 15 is 0 Å². The van der Waals surface area contributed by atoms with Gasteiger partial charge in [-0.15, -0.1) is 0 Å². The van der Waals surface area contributed by atoms with Crippen LogP contribution in [0.25, 0.3) is 0 Å². The Morgan fingerprint density at radius 1 is 1.08 bits per heavy atom. The van der Waals surface area contributed by atoms with Crippen molar-refractivity contribution in [3.63, 3.8) is 0 Å². The highest BCUT2D eigenvalue weighted by Gasteiger charge is 2.31. The molecule has 0 aromatic rings. The van der Waals surface area contributed by atoms with Crippen LogP contribution in [0.15, 0.2) is 0 Å². The molecule has 0 aromatic carbocycles. The van der Waals surface area contributed by atoms with Gasteiger partial charge in [-0.3, -0.25) is 4.79 Å². The predicted molar refractivity (Wildman–Crippen MR) is 46.8 cm³/mol. The van der Waals surface area contributed by atoms with Gasteiger partial charge in [-0.25, -0.2) is 0 Å². The smallest absolute Gasteiger partial charge is 0.309 e. The van der Waals surface area contributed by atoms with Crippen LogP contribution in [0.4, 0.5) is 0 Å². The van der Waals surface area contributed by atoms with Gasteiger partial charge < -0.3 is 10.2 Å². The molecule has 0 saturated heterocycles. The van der Waals surface area contributed by atoms with Crippen LogP contribution in [0.2, 0.25) is 0 Å². The van der Waals surface area contributed by atoms with Gasteiger partial charge in [-0.05, 0) is 11.8 Å². The van der Waals surface area contributed by atoms with Crippen molar-refractivity contribution in [3.05, 3.63) is 0 Å². The quantitative estimate of drug-likeness (QED) is 0.676. The molecular formula is C9H18O3. The first-order valence-corrected chi connectivity index (χ1v) is 4.28. The summed E-state index contributed by atoms with van der Waals surface area (Å²) in [5.74, 6) is -1.59. The molecule has 0 aliphatic rings. The summed E-state index contributed by atoms with van der Waals surface area (Å²) in [6.45, 7) is 7.26. The van der Waals surface area contributed by atoms with Crippen LogP contribution in [-0.4, -0.2) is 22.3 Å². The van der Waals surface area contributed by atoms with Gasteiger partial charge >= 0.3 is 5.97 Å². The Kier molecular flexibility index (Phi) is 4.24. The van der Waals surface area contributed by atoms with E-state index in [-0.39, 0.29) is 11.8 Å². The highest BCUT2D eigenvalue weighted by molar-refractivity contribution is 5.71. The number of carboxylic acid groups (broad SMARTS) is 1. The molecule has 0 spiro atoms. The molecule has 3 nitrogen and oxygen atoms in total. The Morgan fingerprint density at radius 2 is 1.50 bits per heavy atom. The van der Waals surface area contributed by atoms with Crippen LogP contribution in [0.1, 0.15) is 27.7 Å². The molecule has 0 aliphatic heterocycles. The van der Waals surface area contributed by atoms with E-state index in [0.717, 1.165) is 0 Å². The zero-order valence-electron chi connectivity index (χ0n) is 8.11. The Hall–Kier alpha value is -0.570. The van der Waals surface area contributed by atoms with Crippen LogP contribution >= 0.6 is 0 Å². The summed E-state index contributed by atoms with van der Waals surface area (Å²) in [6, 6.07) is 0. The second kappa shape index (κ2) is 4.45. The highest BCUT2D eigenvalue weighted by atomic mass is 16.4. The fourth-order valence-electron chi connectivity index (χ4n) is 1.24. The highest BCUT2D eigenvalue weighted by Crippen LogP contribution is 2.20. The van der Waals surface area contributed by atoms with Crippen LogP contribution in [0, 0.1) is 17.8 Å². The van der Waals surface area contributed by atoms with Crippen LogP contribution in [-0.2, 0) is 4.79 Å². The fourth-order valence-corrected chi connectivity index (χ4v) is 1.24. The Balaban J connectivity index is 4.40. The summed E-state index contributed by atoms with van der Waals surface area (Å²) in [6.07, 6.45) is -0.748. The molecule has 2 N–H and O–H groups in total. The molecule has 2 atom stereocenters. The molecular weight excluding hydrogens is 156 g/mol. The number of rotatable bonds is 4. The lowest BCUT2D eigenvalue weighted by Crippen LogP contribution is -2.35. The average molecular weight is 174 g/mol. The molecule has 72 valence electrons. The van der Waals surface area contributed by atoms with Gasteiger partial charge in [-0.1, -0.05) is 27.7 Å². The molecule has 0 heterocycles. The second-order valence-corrected chi connectivity index (χ2v) is 3.84. The van der Waals surface area contributed by atoms with Crippen LogP contribution in [0.3, 0.4) is 0 Å². The fraction of sp³-hybridized carbons (Fsp3) is 0.889. The van der Waals surface area contributed by atoms with Gasteiger partial charge in [0.15, 0.2) is 0 Å². The molecule has 12 heavy (non-hydrogen) atoms. The second-order valence-electron chi connectivity index (χ2n) is 3.84. The lowest BCUT2D eigenvalue weighted by Gasteiger charge is -2.24. The minimum atomic E-state index is -0.911. The molecule has 0 rings (SSSR count). The maximum absolute atomic E-state index is 10.7. The van der Waals surface area contributed by atoms with Gasteiger partial charge in [0, 0.05) is 0 Å². The number of carboxylic acids is 1. The largest absolute Gasteiger partial charge is 0.481 e. The molecule has 0 amide bonds. The van der Waals surface area contributed by atoms with Crippen molar-refractivity contribution in [2.24, 2.45) is 17.8 Å². The third kappa shape index (κ3) is 2.81. The standard InChI is InChI=1S/C9H18O3/c1-5(2)7(9(11)12)8(10)6(3)4/h5-8,10H,1-4H3,(H,11,12). The third-order valence-electron chi connectivity index (χ3n) is 2.05. The third-order valence-corrected chi connectivity index (χ3v) is 2.05. The summed E-state index contributed by atoms with van der Waals surface area (Å²) >= 11 is 0. The monoisotopic (exact) mass is 174 g/mol. The summed E-state index contributed by atoms with van der Waals surface area (Å²) in [7, 11) is 0. The first kappa shape index (κ1) is 11.4. The number of aliphatic hydroxyl groups is 1. The minimum absolute atomic E-state index is 0.00602. The Bertz CT molecular complexity index is 152. The first-order chi connectivity index (χ1) is 5.37. The molecule has 0 radical (unpaired) electrons. The maximum Gasteiger partial charge on any atom is 0.309 e. The SMILES string of the molecule is CC(C)C(O)C(C(=O)O)C(C)C. The van der Waals surface area contributed by atoms with Gasteiger partial charge in [0.1, 0.15) is 0 Å². The summed E-state index contributed by atoms with van der Waals surface area (Å²) in [4.78, 5) is 10.7. The number of aliphatic hydroxyl groups excluding tert-OH is 1. The van der Waals surface area contributed by atoms with E-state index in [1.54, 1.807) is 0 Å². The number of carbonyl (C=O) groups is 1. The lowest BCUT2D eigenvalue weighted by molar-refractivity contribution is -0.149. The molecule has 3 heteroatoms. The normalized spacial score (nSPS) is 16.6. The average Bonchev–Trinajstić information content (AvgIpc) is 1.85. The minimum Gasteiger partial charge on any atom is -0.481 e. The van der Waals surface area contributed by atoms with Crippen molar-refractivity contribution < 1.29 is 15.0 Å². The topological polar surface area (TPSA) is 57.5 Å². The molecule has 0 fully saturated rings. The maximum atomic E-state index is 10.7. The Labute approximate surface area is 73.4 Å². The lowest BCUT2D eigenvalue weighted by atomic mass is 9.85. The van der Waals surface area contributed by atoms with E-state index in [4.69, 9.17) is 5.11 Å². The van der Waals surface area contributed by atoms with Crippen molar-refractivity contribution in [2.45, 2.75) is 33.8 Å². The van der Waals surface area contributed by atoms with E-state index in [1.165, 1.54) is 0 Å². The molecule has 0 bridgehead atoms. The zero-order valence-corrected chi connectivity index (χ0v) is 8.11. The van der Waals surface area contributed by atoms with E-state index < -0.39 is 18.0 Å². The van der Waals surface area contributed by atoms with E-state index in [2.05, 4.69) is 0 Å². The predicted octanol–water partition coefficient (Wildman–Crippen LogP) is 1.36. The van der Waals surface area contributed by atoms with E-state index in [0.29, 0.717) is 0 Å². The van der Waals surface area contributed by atoms with Gasteiger partial charge in [0.05, 0.1) is 12.0 Å². The van der Waals surface area contributed by atoms with Gasteiger partial charge in [-0.2, -0.15) is 0 Å². The van der Waals surface area contributed by atoms with Crippen molar-refractivity contribution in [1.29, 1.82) is 0 Å². The summed E-state index contributed by atoms with van der Waals surface area (Å²) in [5.41, 5.74) is 0. The van der Waals surface area contributed by atoms with Gasteiger partial charge in [0.25, 0.3) is 0 Å². The summed E-state index contributed by atoms with van der Waals surface area (Å²) in [5, 5.41) is 18.3. The molecule has 0 saturated carbocycles. The van der Waals surface area contributed by atoms with E-state index in [9.17, 15) is 9.90 Å². The Morgan fingerprint density at radius 3 is 1.58 bits per heavy atom. The molecule has 0 aromatic heterocycles.